The van der Waals surface area contributed by atoms with Crippen molar-refractivity contribution in [2.24, 2.45) is 10.9 Å². The number of thioether (sulfide) groups is 1. The first-order valence-corrected chi connectivity index (χ1v) is 7.12. The number of hydrogen-bond acceptors (Lipinski definition) is 3. The molecule has 86 valence electrons. The molecule has 0 aromatic rings. The minimum atomic E-state index is 0.400. The maximum atomic E-state index is 4.77. The lowest BCUT2D eigenvalue weighted by Gasteiger charge is -2.42. The minimum absolute atomic E-state index is 0.400. The molecule has 1 atom stereocenters. The van der Waals surface area contributed by atoms with E-state index < -0.39 is 0 Å². The third-order valence-corrected chi connectivity index (χ3v) is 4.79. The molecule has 0 bridgehead atoms. The van der Waals surface area contributed by atoms with E-state index in [1.807, 2.05) is 11.8 Å². The number of aliphatic imine (C=N–C) groups is 1. The van der Waals surface area contributed by atoms with Gasteiger partial charge in [-0.3, -0.25) is 4.99 Å². The molecule has 2 nitrogen and oxygen atoms in total. The fourth-order valence-electron chi connectivity index (χ4n) is 2.20. The van der Waals surface area contributed by atoms with Crippen LogP contribution < -0.4 is 5.32 Å². The quantitative estimate of drug-likeness (QED) is 0.800. The van der Waals surface area contributed by atoms with Gasteiger partial charge in [0.15, 0.2) is 5.17 Å². The van der Waals surface area contributed by atoms with Crippen molar-refractivity contribution in [3.63, 3.8) is 0 Å². The zero-order chi connectivity index (χ0) is 10.9. The highest BCUT2D eigenvalue weighted by atomic mass is 32.2. The lowest BCUT2D eigenvalue weighted by Crippen LogP contribution is -2.52. The Bertz CT molecular complexity index is 251. The van der Waals surface area contributed by atoms with Crippen molar-refractivity contribution >= 4 is 16.9 Å². The van der Waals surface area contributed by atoms with Gasteiger partial charge in [0.05, 0.1) is 6.04 Å². The molecule has 1 aliphatic heterocycles. The summed E-state index contributed by atoms with van der Waals surface area (Å²) in [5, 5.41) is 4.88. The highest BCUT2D eigenvalue weighted by Gasteiger charge is 2.37. The number of hydrogen-bond donors (Lipinski definition) is 1. The van der Waals surface area contributed by atoms with Crippen molar-refractivity contribution in [2.75, 3.05) is 5.75 Å². The van der Waals surface area contributed by atoms with Gasteiger partial charge >= 0.3 is 0 Å². The number of rotatable bonds is 3. The Kier molecular flexibility index (Phi) is 3.29. The van der Waals surface area contributed by atoms with Crippen molar-refractivity contribution in [3.05, 3.63) is 0 Å². The van der Waals surface area contributed by atoms with Gasteiger partial charge < -0.3 is 5.32 Å². The van der Waals surface area contributed by atoms with E-state index in [0.717, 1.165) is 0 Å². The number of nitrogens with zero attached hydrogens (tertiary/aromatic N) is 1. The summed E-state index contributed by atoms with van der Waals surface area (Å²) >= 11 is 1.91. The van der Waals surface area contributed by atoms with Crippen molar-refractivity contribution in [3.8, 4) is 0 Å². The van der Waals surface area contributed by atoms with E-state index in [2.05, 4.69) is 26.1 Å². The van der Waals surface area contributed by atoms with Gasteiger partial charge in [0.25, 0.3) is 0 Å². The number of nitrogens with one attached hydrogen (secondary N) is 1. The van der Waals surface area contributed by atoms with E-state index in [4.69, 9.17) is 4.99 Å². The topological polar surface area (TPSA) is 24.4 Å². The molecule has 1 saturated carbocycles. The molecule has 2 aliphatic rings. The SMILES string of the molecule is CCC1(NC2=N[C@@H](C(C)C)CS2)CCC1. The lowest BCUT2D eigenvalue weighted by molar-refractivity contribution is 0.211. The second-order valence-corrected chi connectivity index (χ2v) is 6.18. The third-order valence-electron chi connectivity index (χ3n) is 3.80. The molecule has 3 heteroatoms. The van der Waals surface area contributed by atoms with Gasteiger partial charge in [-0.15, -0.1) is 0 Å². The van der Waals surface area contributed by atoms with E-state index in [0.29, 0.717) is 17.5 Å². The van der Waals surface area contributed by atoms with Crippen LogP contribution in [0.2, 0.25) is 0 Å². The molecule has 0 aromatic heterocycles. The summed E-state index contributed by atoms with van der Waals surface area (Å²) in [6, 6.07) is 0.534. The first kappa shape index (κ1) is 11.3. The van der Waals surface area contributed by atoms with E-state index >= 15 is 0 Å². The molecule has 0 aromatic carbocycles. The Hall–Kier alpha value is -0.180. The van der Waals surface area contributed by atoms with E-state index in [-0.39, 0.29) is 0 Å². The minimum Gasteiger partial charge on any atom is -0.359 e. The van der Waals surface area contributed by atoms with Gasteiger partial charge in [0, 0.05) is 11.3 Å². The third kappa shape index (κ3) is 2.32. The van der Waals surface area contributed by atoms with Crippen molar-refractivity contribution in [1.29, 1.82) is 0 Å². The van der Waals surface area contributed by atoms with Gasteiger partial charge in [-0.2, -0.15) is 0 Å². The standard InChI is InChI=1S/C12H22N2S/c1-4-12(6-5-7-12)14-11-13-10(8-15-11)9(2)3/h9-10H,4-8H2,1-3H3,(H,13,14)/t10-/m1/s1. The fraction of sp³-hybridized carbons (Fsp3) is 0.917. The molecular formula is C12H22N2S. The van der Waals surface area contributed by atoms with Gasteiger partial charge in [-0.25, -0.2) is 0 Å². The Labute approximate surface area is 97.3 Å². The monoisotopic (exact) mass is 226 g/mol. The molecule has 2 rings (SSSR count). The molecule has 1 fully saturated rings. The molecule has 0 saturated heterocycles. The van der Waals surface area contributed by atoms with Crippen LogP contribution in [0.4, 0.5) is 0 Å². The van der Waals surface area contributed by atoms with Crippen molar-refractivity contribution in [1.82, 2.24) is 5.32 Å². The molecule has 0 spiro atoms. The highest BCUT2D eigenvalue weighted by molar-refractivity contribution is 8.14. The largest absolute Gasteiger partial charge is 0.359 e. The second kappa shape index (κ2) is 4.36. The average molecular weight is 226 g/mol. The van der Waals surface area contributed by atoms with Crippen molar-refractivity contribution < 1.29 is 0 Å². The summed E-state index contributed by atoms with van der Waals surface area (Å²) in [5.74, 6) is 1.84. The Balaban J connectivity index is 1.92. The second-order valence-electron chi connectivity index (χ2n) is 5.17. The molecule has 0 amide bonds. The van der Waals surface area contributed by atoms with E-state index in [1.165, 1.54) is 36.6 Å². The Morgan fingerprint density at radius 1 is 1.53 bits per heavy atom. The zero-order valence-electron chi connectivity index (χ0n) is 10.0. The fourth-order valence-corrected chi connectivity index (χ4v) is 3.48. The van der Waals surface area contributed by atoms with Crippen LogP contribution in [-0.4, -0.2) is 22.5 Å². The lowest BCUT2D eigenvalue weighted by atomic mass is 9.75. The number of amidine groups is 1. The summed E-state index contributed by atoms with van der Waals surface area (Å²) in [5.41, 5.74) is 0.400. The normalized spacial score (nSPS) is 28.8. The van der Waals surface area contributed by atoms with Crippen molar-refractivity contribution in [2.45, 2.75) is 58.0 Å². The van der Waals surface area contributed by atoms with Gasteiger partial charge in [-0.05, 0) is 31.6 Å². The van der Waals surface area contributed by atoms with Crippen LogP contribution in [-0.2, 0) is 0 Å². The van der Waals surface area contributed by atoms with Crippen LogP contribution >= 0.6 is 11.8 Å². The van der Waals surface area contributed by atoms with Crippen LogP contribution in [0.1, 0.15) is 46.5 Å². The molecule has 0 unspecified atom stereocenters. The average Bonchev–Trinajstić information content (AvgIpc) is 2.59. The molecule has 0 radical (unpaired) electrons. The smallest absolute Gasteiger partial charge is 0.157 e. The van der Waals surface area contributed by atoms with Crippen LogP contribution in [0, 0.1) is 5.92 Å². The van der Waals surface area contributed by atoms with Crippen LogP contribution in [0.15, 0.2) is 4.99 Å². The van der Waals surface area contributed by atoms with Crippen LogP contribution in [0.5, 0.6) is 0 Å². The molecular weight excluding hydrogens is 204 g/mol. The predicted molar refractivity (Wildman–Crippen MR) is 68.5 cm³/mol. The molecule has 15 heavy (non-hydrogen) atoms. The molecule has 1 aliphatic carbocycles. The summed E-state index contributed by atoms with van der Waals surface area (Å²) in [6.45, 7) is 6.81. The van der Waals surface area contributed by atoms with E-state index in [9.17, 15) is 0 Å². The summed E-state index contributed by atoms with van der Waals surface area (Å²) in [6.07, 6.45) is 5.27. The summed E-state index contributed by atoms with van der Waals surface area (Å²) < 4.78 is 0. The highest BCUT2D eigenvalue weighted by Crippen LogP contribution is 2.36. The predicted octanol–water partition coefficient (Wildman–Crippen LogP) is 3.04. The molecule has 1 heterocycles. The van der Waals surface area contributed by atoms with Gasteiger partial charge in [-0.1, -0.05) is 32.5 Å². The van der Waals surface area contributed by atoms with E-state index in [1.54, 1.807) is 0 Å². The first-order valence-electron chi connectivity index (χ1n) is 6.14. The molecule has 1 N–H and O–H groups in total. The summed E-state index contributed by atoms with van der Waals surface area (Å²) in [7, 11) is 0. The Morgan fingerprint density at radius 3 is 2.67 bits per heavy atom. The maximum Gasteiger partial charge on any atom is 0.157 e. The Morgan fingerprint density at radius 2 is 2.27 bits per heavy atom. The van der Waals surface area contributed by atoms with Gasteiger partial charge in [0.2, 0.25) is 0 Å². The first-order chi connectivity index (χ1) is 7.15. The van der Waals surface area contributed by atoms with Gasteiger partial charge in [0.1, 0.15) is 0 Å². The summed E-state index contributed by atoms with van der Waals surface area (Å²) in [4.78, 5) is 4.77. The maximum absolute atomic E-state index is 4.77. The van der Waals surface area contributed by atoms with Crippen LogP contribution in [0.3, 0.4) is 0 Å². The zero-order valence-corrected chi connectivity index (χ0v) is 10.9. The van der Waals surface area contributed by atoms with Crippen LogP contribution in [0.25, 0.3) is 0 Å².